The molecule has 3 heteroatoms. The highest BCUT2D eigenvalue weighted by atomic mass is 16.3. The van der Waals surface area contributed by atoms with E-state index in [0.29, 0.717) is 5.89 Å². The van der Waals surface area contributed by atoms with Crippen molar-refractivity contribution in [2.75, 3.05) is 18.0 Å². The van der Waals surface area contributed by atoms with Crippen molar-refractivity contribution >= 4 is 16.8 Å². The fraction of sp³-hybridized carbons (Fsp3) is 0.350. The smallest absolute Gasteiger partial charge is 0.227 e. The largest absolute Gasteiger partial charge is 0.436 e. The number of aryl methyl sites for hydroxylation is 2. The first kappa shape index (κ1) is 14.3. The molecule has 1 aliphatic rings. The van der Waals surface area contributed by atoms with Gasteiger partial charge in [-0.15, -0.1) is 0 Å². The molecule has 1 fully saturated rings. The molecule has 3 aromatic rings. The molecule has 0 radical (unpaired) electrons. The summed E-state index contributed by atoms with van der Waals surface area (Å²) in [5, 5.41) is 0. The van der Waals surface area contributed by atoms with Crippen LogP contribution in [0.1, 0.15) is 30.9 Å². The molecule has 0 bridgehead atoms. The van der Waals surface area contributed by atoms with Crippen molar-refractivity contribution in [3.8, 4) is 11.5 Å². The van der Waals surface area contributed by atoms with Crippen molar-refractivity contribution in [2.24, 2.45) is 0 Å². The van der Waals surface area contributed by atoms with E-state index in [9.17, 15) is 0 Å². The standard InChI is InChI=1S/C20H22N2O/c1-3-15-7-9-19-17(12-15)21-20(23-19)16-8-6-14(2)18(13-16)22-10-4-5-11-22/h6-9,12-13H,3-5,10-11H2,1-2H3. The quantitative estimate of drug-likeness (QED) is 0.684. The van der Waals surface area contributed by atoms with Crippen LogP contribution in [0.2, 0.25) is 0 Å². The molecular weight excluding hydrogens is 284 g/mol. The lowest BCUT2D eigenvalue weighted by Crippen LogP contribution is -2.18. The van der Waals surface area contributed by atoms with Crippen LogP contribution in [-0.4, -0.2) is 18.1 Å². The molecule has 2 heterocycles. The fourth-order valence-electron chi connectivity index (χ4n) is 3.36. The Bertz CT molecular complexity index is 844. The van der Waals surface area contributed by atoms with Gasteiger partial charge >= 0.3 is 0 Å². The Morgan fingerprint density at radius 3 is 2.70 bits per heavy atom. The van der Waals surface area contributed by atoms with Gasteiger partial charge in [0, 0.05) is 24.3 Å². The lowest BCUT2D eigenvalue weighted by Gasteiger charge is -2.20. The Morgan fingerprint density at radius 2 is 1.91 bits per heavy atom. The second-order valence-electron chi connectivity index (χ2n) is 6.37. The molecule has 1 saturated heterocycles. The molecule has 1 aliphatic heterocycles. The van der Waals surface area contributed by atoms with E-state index in [-0.39, 0.29) is 0 Å². The minimum atomic E-state index is 0.716. The first-order chi connectivity index (χ1) is 11.2. The third kappa shape index (κ3) is 2.61. The first-order valence-corrected chi connectivity index (χ1v) is 8.50. The highest BCUT2D eigenvalue weighted by molar-refractivity contribution is 5.78. The predicted octanol–water partition coefficient (Wildman–Crippen LogP) is 4.97. The van der Waals surface area contributed by atoms with E-state index in [1.807, 2.05) is 6.07 Å². The summed E-state index contributed by atoms with van der Waals surface area (Å²) >= 11 is 0. The third-order valence-corrected chi connectivity index (χ3v) is 4.76. The Balaban J connectivity index is 1.76. The van der Waals surface area contributed by atoms with Crippen molar-refractivity contribution < 1.29 is 4.42 Å². The number of aromatic nitrogens is 1. The van der Waals surface area contributed by atoms with Crippen LogP contribution >= 0.6 is 0 Å². The number of fused-ring (bicyclic) bond motifs is 1. The molecule has 0 atom stereocenters. The van der Waals surface area contributed by atoms with Gasteiger partial charge in [0.15, 0.2) is 5.58 Å². The molecule has 23 heavy (non-hydrogen) atoms. The van der Waals surface area contributed by atoms with Crippen LogP contribution in [0.25, 0.3) is 22.6 Å². The number of anilines is 1. The molecule has 0 aliphatic carbocycles. The maximum atomic E-state index is 5.98. The van der Waals surface area contributed by atoms with Crippen LogP contribution < -0.4 is 4.90 Å². The van der Waals surface area contributed by atoms with E-state index in [1.54, 1.807) is 0 Å². The van der Waals surface area contributed by atoms with Gasteiger partial charge in [-0.1, -0.05) is 19.1 Å². The van der Waals surface area contributed by atoms with E-state index in [2.05, 4.69) is 49.1 Å². The van der Waals surface area contributed by atoms with Crippen LogP contribution in [-0.2, 0) is 6.42 Å². The van der Waals surface area contributed by atoms with Crippen molar-refractivity contribution in [1.82, 2.24) is 4.98 Å². The van der Waals surface area contributed by atoms with Gasteiger partial charge < -0.3 is 9.32 Å². The summed E-state index contributed by atoms with van der Waals surface area (Å²) in [5.41, 5.74) is 6.80. The lowest BCUT2D eigenvalue weighted by molar-refractivity contribution is 0.619. The number of hydrogen-bond acceptors (Lipinski definition) is 3. The second kappa shape index (κ2) is 5.73. The first-order valence-electron chi connectivity index (χ1n) is 8.50. The summed E-state index contributed by atoms with van der Waals surface area (Å²) in [4.78, 5) is 7.17. The van der Waals surface area contributed by atoms with Crippen molar-refractivity contribution in [3.63, 3.8) is 0 Å². The number of hydrogen-bond donors (Lipinski definition) is 0. The lowest BCUT2D eigenvalue weighted by atomic mass is 10.1. The summed E-state index contributed by atoms with van der Waals surface area (Å²) in [6, 6.07) is 12.8. The predicted molar refractivity (Wildman–Crippen MR) is 95.0 cm³/mol. The Hall–Kier alpha value is -2.29. The van der Waals surface area contributed by atoms with Gasteiger partial charge in [0.05, 0.1) is 0 Å². The van der Waals surface area contributed by atoms with Gasteiger partial charge in [0.25, 0.3) is 0 Å². The van der Waals surface area contributed by atoms with Gasteiger partial charge in [-0.05, 0) is 61.6 Å². The molecule has 118 valence electrons. The zero-order chi connectivity index (χ0) is 15.8. The van der Waals surface area contributed by atoms with E-state index in [0.717, 1.165) is 36.2 Å². The minimum Gasteiger partial charge on any atom is -0.436 e. The molecule has 4 rings (SSSR count). The van der Waals surface area contributed by atoms with Crippen molar-refractivity contribution in [1.29, 1.82) is 0 Å². The highest BCUT2D eigenvalue weighted by Gasteiger charge is 2.16. The third-order valence-electron chi connectivity index (χ3n) is 4.76. The molecule has 0 amide bonds. The maximum absolute atomic E-state index is 5.98. The summed E-state index contributed by atoms with van der Waals surface area (Å²) in [6.45, 7) is 6.64. The van der Waals surface area contributed by atoms with E-state index >= 15 is 0 Å². The summed E-state index contributed by atoms with van der Waals surface area (Å²) < 4.78 is 5.98. The molecule has 0 spiro atoms. The van der Waals surface area contributed by atoms with Crippen molar-refractivity contribution in [3.05, 3.63) is 47.5 Å². The second-order valence-corrected chi connectivity index (χ2v) is 6.37. The summed E-state index contributed by atoms with van der Waals surface area (Å²) in [7, 11) is 0. The van der Waals surface area contributed by atoms with E-state index in [4.69, 9.17) is 9.40 Å². The van der Waals surface area contributed by atoms with Crippen molar-refractivity contribution in [2.45, 2.75) is 33.1 Å². The fourth-order valence-corrected chi connectivity index (χ4v) is 3.36. The van der Waals surface area contributed by atoms with E-state index < -0.39 is 0 Å². The number of rotatable bonds is 3. The average Bonchev–Trinajstić information content (AvgIpc) is 3.24. The van der Waals surface area contributed by atoms with Gasteiger partial charge in [0.2, 0.25) is 5.89 Å². The molecule has 0 saturated carbocycles. The number of benzene rings is 2. The Kier molecular flexibility index (Phi) is 3.56. The van der Waals surface area contributed by atoms with Gasteiger partial charge in [-0.2, -0.15) is 0 Å². The summed E-state index contributed by atoms with van der Waals surface area (Å²) in [5.74, 6) is 0.716. The topological polar surface area (TPSA) is 29.3 Å². The zero-order valence-electron chi connectivity index (χ0n) is 13.8. The molecule has 2 aromatic carbocycles. The SMILES string of the molecule is CCc1ccc2oc(-c3ccc(C)c(N4CCCC4)c3)nc2c1. The van der Waals surface area contributed by atoms with Gasteiger partial charge in [-0.25, -0.2) is 4.98 Å². The molecule has 0 N–H and O–H groups in total. The number of nitrogens with zero attached hydrogens (tertiary/aromatic N) is 2. The average molecular weight is 306 g/mol. The minimum absolute atomic E-state index is 0.716. The van der Waals surface area contributed by atoms with Crippen LogP contribution in [0.3, 0.4) is 0 Å². The molecule has 0 unspecified atom stereocenters. The highest BCUT2D eigenvalue weighted by Crippen LogP contribution is 2.31. The Labute approximate surface area is 136 Å². The van der Waals surface area contributed by atoms with Gasteiger partial charge in [0.1, 0.15) is 5.52 Å². The monoisotopic (exact) mass is 306 g/mol. The van der Waals surface area contributed by atoms with Crippen LogP contribution in [0, 0.1) is 6.92 Å². The summed E-state index contributed by atoms with van der Waals surface area (Å²) in [6.07, 6.45) is 3.58. The van der Waals surface area contributed by atoms with Crippen LogP contribution in [0.15, 0.2) is 40.8 Å². The number of oxazole rings is 1. The Morgan fingerprint density at radius 1 is 1.09 bits per heavy atom. The van der Waals surface area contributed by atoms with Crippen LogP contribution in [0.4, 0.5) is 5.69 Å². The molecular formula is C20H22N2O. The van der Waals surface area contributed by atoms with Gasteiger partial charge in [-0.3, -0.25) is 0 Å². The molecule has 1 aromatic heterocycles. The maximum Gasteiger partial charge on any atom is 0.227 e. The van der Waals surface area contributed by atoms with E-state index in [1.165, 1.54) is 29.7 Å². The normalized spacial score (nSPS) is 14.8. The zero-order valence-corrected chi connectivity index (χ0v) is 13.8. The van der Waals surface area contributed by atoms with Crippen LogP contribution in [0.5, 0.6) is 0 Å². The molecule has 3 nitrogen and oxygen atoms in total.